The van der Waals surface area contributed by atoms with E-state index in [4.69, 9.17) is 14.2 Å². The van der Waals surface area contributed by atoms with Crippen molar-refractivity contribution in [2.45, 2.75) is 406 Å². The van der Waals surface area contributed by atoms with E-state index in [-0.39, 0.29) is 31.1 Å². The molecule has 1 atom stereocenters. The van der Waals surface area contributed by atoms with Crippen molar-refractivity contribution in [2.75, 3.05) is 13.2 Å². The molecule has 1 unspecified atom stereocenters. The van der Waals surface area contributed by atoms with Gasteiger partial charge in [0.05, 0.1) is 0 Å². The molecule has 0 rings (SSSR count). The molecule has 0 radical (unpaired) electrons. The summed E-state index contributed by atoms with van der Waals surface area (Å²) in [7, 11) is 0. The van der Waals surface area contributed by atoms with Gasteiger partial charge in [-0.05, 0) is 83.5 Å². The SMILES string of the molecule is CCCCCCC/C=C\C/C=C\C/C=C\CCCCCCCCCCCCCCCCCCCCC(=O)OCC(COC(=O)CCCCCCCCCCCCCCCC)OC(=O)CCCCCCCCC/C=C\CCCCCCCC. The van der Waals surface area contributed by atoms with Gasteiger partial charge in [-0.25, -0.2) is 0 Å². The van der Waals surface area contributed by atoms with Crippen LogP contribution in [-0.2, 0) is 28.6 Å². The van der Waals surface area contributed by atoms with Gasteiger partial charge in [-0.3, -0.25) is 14.4 Å². The lowest BCUT2D eigenvalue weighted by atomic mass is 10.0. The molecule has 0 spiro atoms. The van der Waals surface area contributed by atoms with Crippen molar-refractivity contribution in [1.82, 2.24) is 0 Å². The fourth-order valence-electron chi connectivity index (χ4n) is 11.0. The molecule has 0 aromatic carbocycles. The fourth-order valence-corrected chi connectivity index (χ4v) is 11.0. The molecular formula is C76H140O6. The summed E-state index contributed by atoms with van der Waals surface area (Å²) in [4.78, 5) is 38.4. The first-order chi connectivity index (χ1) is 40.5. The number of ether oxygens (including phenoxy) is 3. The standard InChI is InChI=1S/C76H140O6/c1-4-7-10-13-16-19-22-25-28-30-31-32-33-34-35-36-37-38-39-40-41-42-43-44-45-47-48-51-54-57-60-63-66-69-75(78)81-72-73(71-80-74(77)68-65-62-59-56-53-50-27-24-21-18-15-12-9-6-3)82-76(79)70-67-64-61-58-55-52-49-46-29-26-23-20-17-14-11-8-5-2/h22,25-26,29-31,33-34,73H,4-21,23-24,27-28,32,35-72H2,1-3H3/b25-22-,29-26-,31-30-,34-33-. The van der Waals surface area contributed by atoms with Crippen molar-refractivity contribution >= 4 is 17.9 Å². The Labute approximate surface area is 511 Å². The maximum Gasteiger partial charge on any atom is 0.306 e. The summed E-state index contributed by atoms with van der Waals surface area (Å²) in [5, 5.41) is 0. The van der Waals surface area contributed by atoms with Crippen LogP contribution in [0.4, 0.5) is 0 Å². The van der Waals surface area contributed by atoms with Crippen molar-refractivity contribution < 1.29 is 28.6 Å². The van der Waals surface area contributed by atoms with Crippen LogP contribution in [0.1, 0.15) is 400 Å². The molecule has 0 aromatic rings. The van der Waals surface area contributed by atoms with Crippen LogP contribution < -0.4 is 0 Å². The van der Waals surface area contributed by atoms with Gasteiger partial charge in [0.2, 0.25) is 0 Å². The van der Waals surface area contributed by atoms with Crippen LogP contribution in [0.25, 0.3) is 0 Å². The summed E-state index contributed by atoms with van der Waals surface area (Å²) in [5.41, 5.74) is 0. The second-order valence-electron chi connectivity index (χ2n) is 24.9. The van der Waals surface area contributed by atoms with E-state index in [0.29, 0.717) is 19.3 Å². The Kier molecular flexibility index (Phi) is 68.6. The number of carbonyl (C=O) groups excluding carboxylic acids is 3. The minimum atomic E-state index is -0.773. The van der Waals surface area contributed by atoms with Gasteiger partial charge in [0.25, 0.3) is 0 Å². The quantitative estimate of drug-likeness (QED) is 0.0261. The van der Waals surface area contributed by atoms with E-state index >= 15 is 0 Å². The normalized spacial score (nSPS) is 12.3. The van der Waals surface area contributed by atoms with Crippen LogP contribution in [0.5, 0.6) is 0 Å². The van der Waals surface area contributed by atoms with Crippen molar-refractivity contribution in [3.05, 3.63) is 48.6 Å². The molecule has 0 aromatic heterocycles. The zero-order valence-corrected chi connectivity index (χ0v) is 55.3. The summed E-state index contributed by atoms with van der Waals surface area (Å²) in [6.45, 7) is 6.69. The molecule has 6 heteroatoms. The second-order valence-corrected chi connectivity index (χ2v) is 24.9. The molecule has 480 valence electrons. The van der Waals surface area contributed by atoms with Crippen molar-refractivity contribution in [1.29, 1.82) is 0 Å². The lowest BCUT2D eigenvalue weighted by Crippen LogP contribution is -2.30. The Hall–Kier alpha value is -2.63. The third-order valence-electron chi connectivity index (χ3n) is 16.6. The van der Waals surface area contributed by atoms with Gasteiger partial charge in [0, 0.05) is 19.3 Å². The Morgan fingerprint density at radius 2 is 0.439 bits per heavy atom. The van der Waals surface area contributed by atoms with Crippen LogP contribution in [-0.4, -0.2) is 37.2 Å². The van der Waals surface area contributed by atoms with Gasteiger partial charge < -0.3 is 14.2 Å². The third kappa shape index (κ3) is 68.2. The van der Waals surface area contributed by atoms with Crippen LogP contribution in [0, 0.1) is 0 Å². The first kappa shape index (κ1) is 79.4. The van der Waals surface area contributed by atoms with E-state index in [1.54, 1.807) is 0 Å². The van der Waals surface area contributed by atoms with E-state index < -0.39 is 6.10 Å². The first-order valence-corrected chi connectivity index (χ1v) is 36.6. The van der Waals surface area contributed by atoms with E-state index in [2.05, 4.69) is 69.4 Å². The highest BCUT2D eigenvalue weighted by Crippen LogP contribution is 2.18. The predicted molar refractivity (Wildman–Crippen MR) is 358 cm³/mol. The second kappa shape index (κ2) is 70.9. The number of rotatable bonds is 68. The van der Waals surface area contributed by atoms with E-state index in [0.717, 1.165) is 70.6 Å². The van der Waals surface area contributed by atoms with Gasteiger partial charge in [-0.15, -0.1) is 0 Å². The summed E-state index contributed by atoms with van der Waals surface area (Å²) in [6, 6.07) is 0. The highest BCUT2D eigenvalue weighted by atomic mass is 16.6. The molecule has 0 aliphatic rings. The topological polar surface area (TPSA) is 78.9 Å². The number of esters is 3. The van der Waals surface area contributed by atoms with Crippen LogP contribution in [0.15, 0.2) is 48.6 Å². The zero-order valence-electron chi connectivity index (χ0n) is 55.3. The Balaban J connectivity index is 4.14. The Morgan fingerprint density at radius 3 is 0.695 bits per heavy atom. The summed E-state index contributed by atoms with van der Waals surface area (Å²) < 4.78 is 17.0. The van der Waals surface area contributed by atoms with Crippen molar-refractivity contribution in [3.63, 3.8) is 0 Å². The molecule has 82 heavy (non-hydrogen) atoms. The van der Waals surface area contributed by atoms with Crippen LogP contribution in [0.2, 0.25) is 0 Å². The van der Waals surface area contributed by atoms with Gasteiger partial charge in [-0.1, -0.05) is 345 Å². The predicted octanol–water partition coefficient (Wildman–Crippen LogP) is 25.3. The smallest absolute Gasteiger partial charge is 0.306 e. The Bertz CT molecular complexity index is 1410. The number of hydrogen-bond donors (Lipinski definition) is 0. The van der Waals surface area contributed by atoms with E-state index in [1.165, 1.54) is 289 Å². The van der Waals surface area contributed by atoms with Crippen molar-refractivity contribution in [2.24, 2.45) is 0 Å². The molecular weight excluding hydrogens is 1010 g/mol. The fraction of sp³-hybridized carbons (Fsp3) is 0.855. The molecule has 6 nitrogen and oxygen atoms in total. The molecule has 0 bridgehead atoms. The maximum absolute atomic E-state index is 12.9. The minimum absolute atomic E-state index is 0.0686. The highest BCUT2D eigenvalue weighted by molar-refractivity contribution is 5.71. The molecule has 0 N–H and O–H groups in total. The van der Waals surface area contributed by atoms with Gasteiger partial charge in [0.1, 0.15) is 13.2 Å². The highest BCUT2D eigenvalue weighted by Gasteiger charge is 2.19. The van der Waals surface area contributed by atoms with Crippen LogP contribution >= 0.6 is 0 Å². The van der Waals surface area contributed by atoms with Gasteiger partial charge in [-0.2, -0.15) is 0 Å². The first-order valence-electron chi connectivity index (χ1n) is 36.6. The molecule has 0 aliphatic carbocycles. The molecule has 0 amide bonds. The number of carbonyl (C=O) groups is 3. The summed E-state index contributed by atoms with van der Waals surface area (Å²) in [5.74, 6) is -0.844. The van der Waals surface area contributed by atoms with Crippen molar-refractivity contribution in [3.8, 4) is 0 Å². The van der Waals surface area contributed by atoms with E-state index in [9.17, 15) is 14.4 Å². The van der Waals surface area contributed by atoms with Gasteiger partial charge in [0.15, 0.2) is 6.10 Å². The van der Waals surface area contributed by atoms with E-state index in [1.807, 2.05) is 0 Å². The number of unbranched alkanes of at least 4 members (excludes halogenated alkanes) is 49. The summed E-state index contributed by atoms with van der Waals surface area (Å²) >= 11 is 0. The molecule has 0 saturated carbocycles. The molecule has 0 fully saturated rings. The number of allylic oxidation sites excluding steroid dienone is 8. The molecule has 0 aliphatic heterocycles. The average molecular weight is 1150 g/mol. The number of hydrogen-bond acceptors (Lipinski definition) is 6. The van der Waals surface area contributed by atoms with Gasteiger partial charge >= 0.3 is 17.9 Å². The largest absolute Gasteiger partial charge is 0.462 e. The molecule has 0 saturated heterocycles. The maximum atomic E-state index is 12.9. The summed E-state index contributed by atoms with van der Waals surface area (Å²) in [6.07, 6.45) is 90.1. The molecule has 0 heterocycles. The Morgan fingerprint density at radius 1 is 0.244 bits per heavy atom. The third-order valence-corrected chi connectivity index (χ3v) is 16.6. The monoisotopic (exact) mass is 1150 g/mol. The lowest BCUT2D eigenvalue weighted by molar-refractivity contribution is -0.167. The van der Waals surface area contributed by atoms with Crippen LogP contribution in [0.3, 0.4) is 0 Å². The zero-order chi connectivity index (χ0) is 59.2. The minimum Gasteiger partial charge on any atom is -0.462 e. The average Bonchev–Trinajstić information content (AvgIpc) is 3.47. The lowest BCUT2D eigenvalue weighted by Gasteiger charge is -2.18.